The van der Waals surface area contributed by atoms with Crippen molar-refractivity contribution in [3.63, 3.8) is 0 Å². The highest BCUT2D eigenvalue weighted by Gasteiger charge is 2.49. The van der Waals surface area contributed by atoms with Crippen LogP contribution in [0.3, 0.4) is 0 Å². The van der Waals surface area contributed by atoms with E-state index in [4.69, 9.17) is 0 Å². The number of fused-ring (bicyclic) bond motifs is 1. The molecule has 2 aromatic rings. The molecule has 21 heavy (non-hydrogen) atoms. The van der Waals surface area contributed by atoms with Crippen molar-refractivity contribution in [3.8, 4) is 0 Å². The van der Waals surface area contributed by atoms with Gasteiger partial charge in [-0.05, 0) is 24.6 Å². The standard InChI is InChI=1S/C15H13FN2O2S/c16-10-2-1-3-11-9(10)6-12(21-11)14(20)18-7-15(8-18)5-4-13(19)17-15/h1-3,6H,4-5,7-8H2,(H,17,19). The first kappa shape index (κ1) is 12.8. The summed E-state index contributed by atoms with van der Waals surface area (Å²) in [4.78, 5) is 26.0. The minimum Gasteiger partial charge on any atom is -0.347 e. The lowest BCUT2D eigenvalue weighted by Gasteiger charge is -2.47. The van der Waals surface area contributed by atoms with Crippen LogP contribution in [0.15, 0.2) is 24.3 Å². The van der Waals surface area contributed by atoms with Crippen molar-refractivity contribution >= 4 is 33.2 Å². The zero-order valence-electron chi connectivity index (χ0n) is 11.2. The third-order valence-corrected chi connectivity index (χ3v) is 5.32. The second-order valence-corrected chi connectivity index (χ2v) is 6.84. The smallest absolute Gasteiger partial charge is 0.264 e. The van der Waals surface area contributed by atoms with Crippen molar-refractivity contribution in [1.29, 1.82) is 0 Å². The van der Waals surface area contributed by atoms with E-state index in [1.54, 1.807) is 17.0 Å². The van der Waals surface area contributed by atoms with Gasteiger partial charge in [0.05, 0.1) is 10.4 Å². The van der Waals surface area contributed by atoms with Crippen LogP contribution in [-0.2, 0) is 4.79 Å². The molecule has 2 aliphatic heterocycles. The van der Waals surface area contributed by atoms with Crippen LogP contribution in [0.1, 0.15) is 22.5 Å². The molecule has 1 spiro atoms. The van der Waals surface area contributed by atoms with Gasteiger partial charge in [0.25, 0.3) is 5.91 Å². The molecule has 1 aromatic heterocycles. The molecule has 2 amide bonds. The second-order valence-electron chi connectivity index (χ2n) is 5.75. The van der Waals surface area contributed by atoms with Crippen molar-refractivity contribution in [2.45, 2.75) is 18.4 Å². The maximum Gasteiger partial charge on any atom is 0.264 e. The number of carbonyl (C=O) groups is 2. The van der Waals surface area contributed by atoms with Gasteiger partial charge in [0.15, 0.2) is 0 Å². The Balaban J connectivity index is 1.55. The van der Waals surface area contributed by atoms with E-state index in [0.29, 0.717) is 29.8 Å². The number of hydrogen-bond donors (Lipinski definition) is 1. The van der Waals surface area contributed by atoms with Gasteiger partial charge in [-0.2, -0.15) is 0 Å². The number of likely N-dealkylation sites (tertiary alicyclic amines) is 1. The van der Waals surface area contributed by atoms with Gasteiger partial charge in [0.1, 0.15) is 5.82 Å². The number of halogens is 1. The SMILES string of the molecule is O=C1CCC2(CN(C(=O)c3cc4c(F)cccc4s3)C2)N1. The summed E-state index contributed by atoms with van der Waals surface area (Å²) in [5, 5.41) is 3.44. The largest absolute Gasteiger partial charge is 0.347 e. The quantitative estimate of drug-likeness (QED) is 0.877. The maximum absolute atomic E-state index is 13.7. The number of benzene rings is 1. The Bertz CT molecular complexity index is 764. The highest BCUT2D eigenvalue weighted by atomic mass is 32.1. The maximum atomic E-state index is 13.7. The molecule has 0 bridgehead atoms. The average molecular weight is 304 g/mol. The summed E-state index contributed by atoms with van der Waals surface area (Å²) >= 11 is 1.31. The first-order chi connectivity index (χ1) is 10.1. The molecule has 0 radical (unpaired) electrons. The molecule has 4 rings (SSSR count). The van der Waals surface area contributed by atoms with Crippen LogP contribution >= 0.6 is 11.3 Å². The molecule has 1 N–H and O–H groups in total. The van der Waals surface area contributed by atoms with Crippen LogP contribution in [-0.4, -0.2) is 35.3 Å². The van der Waals surface area contributed by atoms with Crippen LogP contribution in [0.2, 0.25) is 0 Å². The molecule has 0 atom stereocenters. The molecule has 0 aliphatic carbocycles. The van der Waals surface area contributed by atoms with Gasteiger partial charge in [0, 0.05) is 29.6 Å². The fraction of sp³-hybridized carbons (Fsp3) is 0.333. The molecule has 1 aromatic carbocycles. The number of nitrogens with one attached hydrogen (secondary N) is 1. The average Bonchev–Trinajstić information content (AvgIpc) is 3.01. The highest BCUT2D eigenvalue weighted by molar-refractivity contribution is 7.20. The zero-order chi connectivity index (χ0) is 14.6. The van der Waals surface area contributed by atoms with Crippen LogP contribution < -0.4 is 5.32 Å². The lowest BCUT2D eigenvalue weighted by atomic mass is 9.88. The summed E-state index contributed by atoms with van der Waals surface area (Å²) in [6.45, 7) is 1.10. The van der Waals surface area contributed by atoms with Crippen LogP contribution in [0, 0.1) is 5.82 Å². The second kappa shape index (κ2) is 4.27. The van der Waals surface area contributed by atoms with Crippen molar-refractivity contribution < 1.29 is 14.0 Å². The van der Waals surface area contributed by atoms with E-state index >= 15 is 0 Å². The van der Waals surface area contributed by atoms with Gasteiger partial charge < -0.3 is 10.2 Å². The summed E-state index contributed by atoms with van der Waals surface area (Å²) in [6, 6.07) is 6.48. The Hall–Kier alpha value is -1.95. The van der Waals surface area contributed by atoms with E-state index < -0.39 is 0 Å². The highest BCUT2D eigenvalue weighted by Crippen LogP contribution is 2.34. The van der Waals surface area contributed by atoms with Crippen molar-refractivity contribution in [1.82, 2.24) is 10.2 Å². The lowest BCUT2D eigenvalue weighted by Crippen LogP contribution is -2.68. The molecule has 2 fully saturated rings. The first-order valence-electron chi connectivity index (χ1n) is 6.85. The van der Waals surface area contributed by atoms with Gasteiger partial charge in [-0.1, -0.05) is 6.07 Å². The molecular weight excluding hydrogens is 291 g/mol. The van der Waals surface area contributed by atoms with Gasteiger partial charge in [-0.3, -0.25) is 9.59 Å². The van der Waals surface area contributed by atoms with Gasteiger partial charge >= 0.3 is 0 Å². The van der Waals surface area contributed by atoms with Gasteiger partial charge in [-0.25, -0.2) is 4.39 Å². The van der Waals surface area contributed by atoms with E-state index in [0.717, 1.165) is 11.1 Å². The molecule has 2 saturated heterocycles. The molecular formula is C15H13FN2O2S. The molecule has 2 aliphatic rings. The summed E-state index contributed by atoms with van der Waals surface area (Å²) in [5.41, 5.74) is -0.214. The fourth-order valence-electron chi connectivity index (χ4n) is 3.13. The minimum absolute atomic E-state index is 0.0611. The monoisotopic (exact) mass is 304 g/mol. The Morgan fingerprint density at radius 1 is 1.38 bits per heavy atom. The topological polar surface area (TPSA) is 49.4 Å². The Morgan fingerprint density at radius 2 is 2.19 bits per heavy atom. The van der Waals surface area contributed by atoms with Gasteiger partial charge in [-0.15, -0.1) is 11.3 Å². The van der Waals surface area contributed by atoms with E-state index in [-0.39, 0.29) is 23.2 Å². The number of thiophene rings is 1. The summed E-state index contributed by atoms with van der Waals surface area (Å²) in [7, 11) is 0. The van der Waals surface area contributed by atoms with Crippen molar-refractivity contribution in [3.05, 3.63) is 35.0 Å². The number of carbonyl (C=O) groups excluding carboxylic acids is 2. The lowest BCUT2D eigenvalue weighted by molar-refractivity contribution is -0.120. The van der Waals surface area contributed by atoms with Crippen molar-refractivity contribution in [2.24, 2.45) is 0 Å². The van der Waals surface area contributed by atoms with Crippen LogP contribution in [0.5, 0.6) is 0 Å². The van der Waals surface area contributed by atoms with E-state index in [9.17, 15) is 14.0 Å². The molecule has 6 heteroatoms. The zero-order valence-corrected chi connectivity index (χ0v) is 12.0. The first-order valence-corrected chi connectivity index (χ1v) is 7.66. The third-order valence-electron chi connectivity index (χ3n) is 4.23. The molecule has 3 heterocycles. The number of hydrogen-bond acceptors (Lipinski definition) is 3. The number of amides is 2. The Morgan fingerprint density at radius 3 is 2.86 bits per heavy atom. The minimum atomic E-state index is -0.300. The molecule has 0 saturated carbocycles. The summed E-state index contributed by atoms with van der Waals surface area (Å²) < 4.78 is 14.5. The summed E-state index contributed by atoms with van der Waals surface area (Å²) in [6.07, 6.45) is 1.33. The third kappa shape index (κ3) is 1.93. The normalized spacial score (nSPS) is 19.9. The molecule has 0 unspecified atom stereocenters. The number of nitrogens with zero attached hydrogens (tertiary/aromatic N) is 1. The Labute approximate surface area is 124 Å². The number of rotatable bonds is 1. The van der Waals surface area contributed by atoms with Crippen LogP contribution in [0.4, 0.5) is 4.39 Å². The van der Waals surface area contributed by atoms with Crippen LogP contribution in [0.25, 0.3) is 10.1 Å². The Kier molecular flexibility index (Phi) is 2.60. The predicted molar refractivity (Wildman–Crippen MR) is 77.8 cm³/mol. The predicted octanol–water partition coefficient (Wildman–Crippen LogP) is 2.15. The van der Waals surface area contributed by atoms with E-state index in [2.05, 4.69) is 5.32 Å². The molecule has 108 valence electrons. The molecule has 4 nitrogen and oxygen atoms in total. The summed E-state index contributed by atoms with van der Waals surface area (Å²) in [5.74, 6) is -0.320. The van der Waals surface area contributed by atoms with Crippen molar-refractivity contribution in [2.75, 3.05) is 13.1 Å². The van der Waals surface area contributed by atoms with E-state index in [1.807, 2.05) is 6.07 Å². The van der Waals surface area contributed by atoms with Gasteiger partial charge in [0.2, 0.25) is 5.91 Å². The fourth-order valence-corrected chi connectivity index (χ4v) is 4.17. The van der Waals surface area contributed by atoms with E-state index in [1.165, 1.54) is 17.4 Å².